The molecule has 0 bridgehead atoms. The Bertz CT molecular complexity index is 1020. The Hall–Kier alpha value is -0.450. The van der Waals surface area contributed by atoms with Crippen LogP contribution in [0.2, 0.25) is 0 Å². The second-order valence-corrected chi connectivity index (χ2v) is 16.1. The Labute approximate surface area is 274 Å². The smallest absolute Gasteiger partial charge is 0.379 e. The molecule has 1 amide bonds. The Morgan fingerprint density at radius 3 is 2.32 bits per heavy atom. The first kappa shape index (κ1) is 39.7. The predicted octanol–water partition coefficient (Wildman–Crippen LogP) is 4.60. The molecule has 10 nitrogen and oxygen atoms in total. The van der Waals surface area contributed by atoms with Gasteiger partial charge < -0.3 is 24.3 Å². The first-order valence-corrected chi connectivity index (χ1v) is 18.5. The molecule has 0 saturated carbocycles. The van der Waals surface area contributed by atoms with E-state index in [9.17, 15) is 9.36 Å². The zero-order valence-corrected chi connectivity index (χ0v) is 29.7. The number of ether oxygens (including phenoxy) is 4. The van der Waals surface area contributed by atoms with Crippen LogP contribution in [0.25, 0.3) is 0 Å². The van der Waals surface area contributed by atoms with Crippen LogP contribution in [0.15, 0.2) is 11.5 Å². The van der Waals surface area contributed by atoms with E-state index in [-0.39, 0.29) is 47.8 Å². The molecule has 2 saturated heterocycles. The number of rotatable bonds is 19. The molecule has 2 aliphatic rings. The molecule has 15 heteroatoms. The highest BCUT2D eigenvalue weighted by Gasteiger charge is 2.50. The summed E-state index contributed by atoms with van der Waals surface area (Å²) in [6, 6.07) is -1.19. The van der Waals surface area contributed by atoms with Crippen LogP contribution >= 0.6 is 29.4 Å². The molecule has 0 aliphatic carbocycles. The molecular weight excluding hydrogens is 623 g/mol. The largest absolute Gasteiger partial charge is 0.475 e. The summed E-state index contributed by atoms with van der Waals surface area (Å²) >= 11 is 0. The number of hydrogen-bond donors (Lipinski definition) is 1. The fourth-order valence-electron chi connectivity index (χ4n) is 4.82. The fourth-order valence-corrected chi connectivity index (χ4v) is 8.61. The predicted molar refractivity (Wildman–Crippen MR) is 177 cm³/mol. The van der Waals surface area contributed by atoms with Crippen molar-refractivity contribution in [2.75, 3.05) is 27.4 Å². The van der Waals surface area contributed by atoms with Crippen molar-refractivity contribution in [1.29, 1.82) is 0 Å². The van der Waals surface area contributed by atoms with Crippen LogP contribution in [0.4, 0.5) is 0 Å². The van der Waals surface area contributed by atoms with Gasteiger partial charge in [-0.3, -0.25) is 18.4 Å². The van der Waals surface area contributed by atoms with Gasteiger partial charge in [-0.2, -0.15) is 0 Å². The molecule has 44 heavy (non-hydrogen) atoms. The number of carbonyl (C=O) groups excluding carboxylic acids is 1. The maximum atomic E-state index is 14.2. The van der Waals surface area contributed by atoms with Crippen molar-refractivity contribution in [3.63, 3.8) is 0 Å². The van der Waals surface area contributed by atoms with Crippen molar-refractivity contribution in [1.82, 2.24) is 5.32 Å². The van der Waals surface area contributed by atoms with Gasteiger partial charge in [0.25, 0.3) is 0 Å². The molecule has 246 valence electrons. The standard InChI is InChI=1S/C29H48B2NO9PS2/c1-10-15-32-22(33)13-14-29(6,7)44-43-17-12-11-16-37-42(34,40-21(5)26-23(36-9)18(2)27(30)39-26)41-24-19(3)28(31)38-25(24)20(4)35-8/h1,12,17-21,23-28H,11,13-16H2,2-9H3,(H,32,33)/b17-12+/t18-,19-,20?,21?,23?,24?,25+,26+,27+,28+,42?/m0/s1. The van der Waals surface area contributed by atoms with Gasteiger partial charge in [-0.25, -0.2) is 4.57 Å². The lowest BCUT2D eigenvalue weighted by molar-refractivity contribution is -0.121. The van der Waals surface area contributed by atoms with Crippen LogP contribution in [0, 0.1) is 24.2 Å². The quantitative estimate of drug-likeness (QED) is 0.0684. The topological polar surface area (TPSA) is 111 Å². The summed E-state index contributed by atoms with van der Waals surface area (Å²) in [6.45, 7) is 11.8. The van der Waals surface area contributed by atoms with Gasteiger partial charge in [-0.05, 0) is 45.9 Å². The average Bonchev–Trinajstić information content (AvgIpc) is 3.43. The van der Waals surface area contributed by atoms with E-state index in [4.69, 9.17) is 54.6 Å². The molecule has 2 heterocycles. The summed E-state index contributed by atoms with van der Waals surface area (Å²) in [5.41, 5.74) is 0. The highest BCUT2D eigenvalue weighted by Crippen LogP contribution is 2.55. The number of nitrogens with one attached hydrogen (secondary N) is 1. The van der Waals surface area contributed by atoms with E-state index in [2.05, 4.69) is 25.1 Å². The van der Waals surface area contributed by atoms with Gasteiger partial charge in [0, 0.05) is 49.2 Å². The van der Waals surface area contributed by atoms with Crippen LogP contribution in [0.3, 0.4) is 0 Å². The number of amides is 1. The molecule has 5 unspecified atom stereocenters. The van der Waals surface area contributed by atoms with Crippen molar-refractivity contribution in [2.24, 2.45) is 11.8 Å². The van der Waals surface area contributed by atoms with Crippen LogP contribution in [-0.2, 0) is 41.9 Å². The lowest BCUT2D eigenvalue weighted by atomic mass is 9.85. The van der Waals surface area contributed by atoms with Gasteiger partial charge in [0.2, 0.25) is 5.91 Å². The van der Waals surface area contributed by atoms with Gasteiger partial charge in [0.05, 0.1) is 31.5 Å². The third-order valence-corrected chi connectivity index (χ3v) is 12.4. The molecule has 0 aromatic rings. The van der Waals surface area contributed by atoms with Crippen molar-refractivity contribution >= 4 is 51.0 Å². The monoisotopic (exact) mass is 671 g/mol. The maximum Gasteiger partial charge on any atom is 0.475 e. The van der Waals surface area contributed by atoms with Crippen molar-refractivity contribution < 1.29 is 41.9 Å². The number of phosphoric acid groups is 1. The Morgan fingerprint density at radius 1 is 1.11 bits per heavy atom. The molecule has 0 aromatic heterocycles. The Morgan fingerprint density at radius 2 is 1.73 bits per heavy atom. The third-order valence-electron chi connectivity index (χ3n) is 7.77. The fraction of sp³-hybridized carbons (Fsp3) is 0.828. The molecule has 4 radical (unpaired) electrons. The summed E-state index contributed by atoms with van der Waals surface area (Å²) in [7, 11) is 14.4. The van der Waals surface area contributed by atoms with E-state index in [0.29, 0.717) is 19.3 Å². The summed E-state index contributed by atoms with van der Waals surface area (Å²) in [5.74, 6) is 1.93. The third kappa shape index (κ3) is 12.0. The lowest BCUT2D eigenvalue weighted by Crippen LogP contribution is -2.39. The maximum absolute atomic E-state index is 14.2. The number of phosphoric ester groups is 1. The zero-order valence-electron chi connectivity index (χ0n) is 27.1. The number of carbonyl (C=O) groups is 1. The van der Waals surface area contributed by atoms with E-state index < -0.39 is 44.2 Å². The van der Waals surface area contributed by atoms with Crippen LogP contribution in [0.1, 0.15) is 60.8 Å². The number of terminal acetylenes is 1. The molecule has 2 fully saturated rings. The number of methoxy groups -OCH3 is 2. The van der Waals surface area contributed by atoms with Crippen LogP contribution in [0.5, 0.6) is 0 Å². The van der Waals surface area contributed by atoms with Gasteiger partial charge >= 0.3 is 7.82 Å². The minimum atomic E-state index is -4.18. The van der Waals surface area contributed by atoms with Crippen molar-refractivity contribution in [2.45, 2.75) is 114 Å². The Kier molecular flexibility index (Phi) is 17.0. The minimum absolute atomic E-state index is 0.0596. The average molecular weight is 671 g/mol. The van der Waals surface area contributed by atoms with Gasteiger partial charge in [0.15, 0.2) is 0 Å². The molecule has 0 aromatic carbocycles. The highest BCUT2D eigenvalue weighted by molar-refractivity contribution is 8.78. The summed E-state index contributed by atoms with van der Waals surface area (Å²) in [4.78, 5) is 11.9. The van der Waals surface area contributed by atoms with E-state index >= 15 is 0 Å². The van der Waals surface area contributed by atoms with E-state index in [1.165, 1.54) is 0 Å². The molecule has 1 N–H and O–H groups in total. The van der Waals surface area contributed by atoms with E-state index in [1.54, 1.807) is 42.7 Å². The van der Waals surface area contributed by atoms with E-state index in [1.807, 2.05) is 32.3 Å². The van der Waals surface area contributed by atoms with Crippen LogP contribution < -0.4 is 5.32 Å². The zero-order chi connectivity index (χ0) is 33.1. The summed E-state index contributed by atoms with van der Waals surface area (Å²) in [6.07, 6.45) is 5.29. The van der Waals surface area contributed by atoms with Gasteiger partial charge in [-0.15, -0.1) is 6.42 Å². The Balaban J connectivity index is 2.03. The first-order valence-electron chi connectivity index (χ1n) is 14.9. The SMILES string of the molecule is [B][C@@H]1O[C@H](C(C)OP(=O)(OCC/C=C/SSC(C)(C)CCC(=O)NCC#C)OC2[C@@H](C(C)OC)O[C@@H]([B])[C@H]2C)C(OC)[C@@H]1C. The van der Waals surface area contributed by atoms with Gasteiger partial charge in [0.1, 0.15) is 34.0 Å². The molecular formula is C29H48B2NO9PS2. The van der Waals surface area contributed by atoms with Crippen molar-refractivity contribution in [3.05, 3.63) is 11.5 Å². The summed E-state index contributed by atoms with van der Waals surface area (Å²) < 4.78 is 55.0. The lowest BCUT2D eigenvalue weighted by Gasteiger charge is -2.32. The first-order chi connectivity index (χ1) is 20.7. The van der Waals surface area contributed by atoms with Gasteiger partial charge in [-0.1, -0.05) is 47.4 Å². The molecule has 11 atom stereocenters. The van der Waals surface area contributed by atoms with Crippen molar-refractivity contribution in [3.8, 4) is 12.3 Å². The molecule has 0 spiro atoms. The molecule has 2 rings (SSSR count). The summed E-state index contributed by atoms with van der Waals surface area (Å²) in [5, 5.41) is 4.62. The second kappa shape index (κ2) is 18.8. The normalized spacial score (nSPS) is 31.9. The second-order valence-electron chi connectivity index (χ2n) is 11.7. The van der Waals surface area contributed by atoms with Crippen LogP contribution in [-0.4, -0.2) is 102 Å². The molecule has 2 aliphatic heterocycles. The number of hydrogen-bond acceptors (Lipinski definition) is 11. The van der Waals surface area contributed by atoms with E-state index in [0.717, 1.165) is 0 Å². The minimum Gasteiger partial charge on any atom is -0.379 e. The highest BCUT2D eigenvalue weighted by atomic mass is 33.1.